The predicted molar refractivity (Wildman–Crippen MR) is 132 cm³/mol. The normalized spacial score (nSPS) is 10.5. The van der Waals surface area contributed by atoms with Crippen molar-refractivity contribution in [1.29, 1.82) is 0 Å². The molecule has 3 N–H and O–H groups in total. The zero-order chi connectivity index (χ0) is 24.2. The van der Waals surface area contributed by atoms with Gasteiger partial charge in [-0.2, -0.15) is 0 Å². The van der Waals surface area contributed by atoms with Crippen LogP contribution in [0.15, 0.2) is 84.9 Å². The Morgan fingerprint density at radius 2 is 1.56 bits per heavy atom. The van der Waals surface area contributed by atoms with Crippen LogP contribution in [0, 0.1) is 0 Å². The van der Waals surface area contributed by atoms with Crippen LogP contribution < -0.4 is 16.0 Å². The van der Waals surface area contributed by atoms with Gasteiger partial charge in [0.25, 0.3) is 5.91 Å². The molecule has 0 aliphatic carbocycles. The van der Waals surface area contributed by atoms with Crippen LogP contribution >= 0.6 is 0 Å². The smallest absolute Gasteiger partial charge is 0.330 e. The number of amides is 3. The Labute approximate surface area is 198 Å². The molecule has 7 heteroatoms. The Morgan fingerprint density at radius 1 is 0.824 bits per heavy atom. The number of rotatable bonds is 9. The van der Waals surface area contributed by atoms with Crippen LogP contribution in [-0.4, -0.2) is 24.5 Å². The molecule has 0 unspecified atom stereocenters. The maximum absolute atomic E-state index is 12.6. The largest absolute Gasteiger partial charge is 0.463 e. The Morgan fingerprint density at radius 3 is 2.35 bits per heavy atom. The van der Waals surface area contributed by atoms with E-state index in [-0.39, 0.29) is 11.9 Å². The van der Waals surface area contributed by atoms with E-state index in [4.69, 9.17) is 4.74 Å². The summed E-state index contributed by atoms with van der Waals surface area (Å²) in [6.07, 6.45) is 3.04. The van der Waals surface area contributed by atoms with E-state index in [1.807, 2.05) is 54.6 Å². The van der Waals surface area contributed by atoms with E-state index in [0.717, 1.165) is 16.7 Å². The Bertz CT molecular complexity index is 1160. The van der Waals surface area contributed by atoms with Gasteiger partial charge in [0.2, 0.25) is 0 Å². The summed E-state index contributed by atoms with van der Waals surface area (Å²) in [5, 5.41) is 8.40. The van der Waals surface area contributed by atoms with E-state index in [1.165, 1.54) is 6.08 Å². The zero-order valence-corrected chi connectivity index (χ0v) is 18.9. The molecule has 174 valence electrons. The fraction of sp³-hybridized carbons (Fsp3) is 0.148. The van der Waals surface area contributed by atoms with Gasteiger partial charge in [-0.05, 0) is 54.0 Å². The second kappa shape index (κ2) is 12.6. The SMILES string of the molecule is CCOC(=O)C=Cc1cccc(CNC(=O)c2cccc(NC(=O)NCc3ccccc3)c2)c1. The fourth-order valence-electron chi connectivity index (χ4n) is 3.14. The van der Waals surface area contributed by atoms with Crippen LogP contribution in [0.3, 0.4) is 0 Å². The quantitative estimate of drug-likeness (QED) is 0.325. The maximum atomic E-state index is 12.6. The lowest BCUT2D eigenvalue weighted by atomic mass is 10.1. The molecule has 0 bridgehead atoms. The van der Waals surface area contributed by atoms with E-state index < -0.39 is 5.97 Å². The van der Waals surface area contributed by atoms with Crippen molar-refractivity contribution < 1.29 is 19.1 Å². The topological polar surface area (TPSA) is 96.5 Å². The minimum atomic E-state index is -0.400. The molecule has 0 radical (unpaired) electrons. The van der Waals surface area contributed by atoms with Gasteiger partial charge in [-0.1, -0.05) is 54.6 Å². The summed E-state index contributed by atoms with van der Waals surface area (Å²) in [5.41, 5.74) is 3.65. The molecular formula is C27H27N3O4. The number of benzene rings is 3. The molecule has 0 aromatic heterocycles. The molecule has 7 nitrogen and oxygen atoms in total. The molecule has 0 saturated carbocycles. The molecule has 0 saturated heterocycles. The van der Waals surface area contributed by atoms with E-state index in [9.17, 15) is 14.4 Å². The fourth-order valence-corrected chi connectivity index (χ4v) is 3.14. The minimum absolute atomic E-state index is 0.263. The molecular weight excluding hydrogens is 430 g/mol. The van der Waals surface area contributed by atoms with Crippen molar-refractivity contribution >= 4 is 29.7 Å². The van der Waals surface area contributed by atoms with E-state index in [1.54, 1.807) is 37.3 Å². The highest BCUT2D eigenvalue weighted by Crippen LogP contribution is 2.12. The molecule has 0 heterocycles. The summed E-state index contributed by atoms with van der Waals surface area (Å²) >= 11 is 0. The molecule has 3 aromatic rings. The molecule has 0 aliphatic rings. The highest BCUT2D eigenvalue weighted by atomic mass is 16.5. The highest BCUT2D eigenvalue weighted by Gasteiger charge is 2.08. The second-order valence-corrected chi connectivity index (χ2v) is 7.39. The van der Waals surface area contributed by atoms with E-state index in [2.05, 4.69) is 16.0 Å². The van der Waals surface area contributed by atoms with Crippen molar-refractivity contribution in [2.75, 3.05) is 11.9 Å². The van der Waals surface area contributed by atoms with Gasteiger partial charge in [-0.3, -0.25) is 4.79 Å². The molecule has 0 fully saturated rings. The van der Waals surface area contributed by atoms with Crippen LogP contribution in [-0.2, 0) is 22.6 Å². The zero-order valence-electron chi connectivity index (χ0n) is 18.9. The van der Waals surface area contributed by atoms with E-state index >= 15 is 0 Å². The Hall–Kier alpha value is -4.39. The van der Waals surface area contributed by atoms with Crippen LogP contribution in [0.5, 0.6) is 0 Å². The summed E-state index contributed by atoms with van der Waals surface area (Å²) in [6, 6.07) is 23.5. The van der Waals surface area contributed by atoms with Gasteiger partial charge >= 0.3 is 12.0 Å². The number of ether oxygens (including phenoxy) is 1. The summed E-state index contributed by atoms with van der Waals surface area (Å²) in [5.74, 6) is -0.663. The average molecular weight is 458 g/mol. The first-order valence-electron chi connectivity index (χ1n) is 10.9. The Kier molecular flexibility index (Phi) is 8.99. The maximum Gasteiger partial charge on any atom is 0.330 e. The summed E-state index contributed by atoms with van der Waals surface area (Å²) in [6.45, 7) is 2.79. The lowest BCUT2D eigenvalue weighted by Crippen LogP contribution is -2.28. The Balaban J connectivity index is 1.52. The van der Waals surface area contributed by atoms with Gasteiger partial charge in [0, 0.05) is 30.4 Å². The van der Waals surface area contributed by atoms with Gasteiger partial charge in [0.15, 0.2) is 0 Å². The first-order chi connectivity index (χ1) is 16.5. The summed E-state index contributed by atoms with van der Waals surface area (Å²) in [4.78, 5) is 36.3. The van der Waals surface area contributed by atoms with Crippen molar-refractivity contribution in [2.45, 2.75) is 20.0 Å². The summed E-state index contributed by atoms with van der Waals surface area (Å²) < 4.78 is 4.88. The monoisotopic (exact) mass is 457 g/mol. The average Bonchev–Trinajstić information content (AvgIpc) is 2.86. The van der Waals surface area contributed by atoms with Crippen molar-refractivity contribution in [2.24, 2.45) is 0 Å². The van der Waals surface area contributed by atoms with E-state index in [0.29, 0.717) is 30.9 Å². The second-order valence-electron chi connectivity index (χ2n) is 7.39. The first-order valence-corrected chi connectivity index (χ1v) is 10.9. The number of hydrogen-bond acceptors (Lipinski definition) is 4. The number of anilines is 1. The minimum Gasteiger partial charge on any atom is -0.463 e. The van der Waals surface area contributed by atoms with Crippen molar-refractivity contribution in [3.05, 3.63) is 107 Å². The van der Waals surface area contributed by atoms with Crippen LogP contribution in [0.1, 0.15) is 34.0 Å². The number of hydrogen-bond donors (Lipinski definition) is 3. The summed E-state index contributed by atoms with van der Waals surface area (Å²) in [7, 11) is 0. The number of urea groups is 1. The highest BCUT2D eigenvalue weighted by molar-refractivity contribution is 5.96. The number of nitrogens with one attached hydrogen (secondary N) is 3. The van der Waals surface area contributed by atoms with Gasteiger partial charge in [0.1, 0.15) is 0 Å². The molecule has 3 rings (SSSR count). The number of esters is 1. The van der Waals surface area contributed by atoms with Gasteiger partial charge in [0.05, 0.1) is 6.61 Å². The van der Waals surface area contributed by atoms with Crippen molar-refractivity contribution in [3.63, 3.8) is 0 Å². The van der Waals surface area contributed by atoms with Crippen LogP contribution in [0.4, 0.5) is 10.5 Å². The number of carbonyl (C=O) groups is 3. The van der Waals surface area contributed by atoms with Gasteiger partial charge in [-0.15, -0.1) is 0 Å². The molecule has 3 amide bonds. The molecule has 34 heavy (non-hydrogen) atoms. The van der Waals surface area contributed by atoms with Crippen molar-refractivity contribution in [1.82, 2.24) is 10.6 Å². The lowest BCUT2D eigenvalue weighted by Gasteiger charge is -2.10. The number of carbonyl (C=O) groups excluding carboxylic acids is 3. The lowest BCUT2D eigenvalue weighted by molar-refractivity contribution is -0.137. The third-order valence-electron chi connectivity index (χ3n) is 4.78. The molecule has 0 aliphatic heterocycles. The third kappa shape index (κ3) is 7.94. The molecule has 0 atom stereocenters. The third-order valence-corrected chi connectivity index (χ3v) is 4.78. The van der Waals surface area contributed by atoms with Gasteiger partial charge < -0.3 is 20.7 Å². The standard InChI is InChI=1S/C27H27N3O4/c1-2-34-25(31)15-14-20-10-6-11-22(16-20)19-28-26(32)23-12-7-13-24(17-23)30-27(33)29-18-21-8-4-3-5-9-21/h3-17H,2,18-19H2,1H3,(H,28,32)(H2,29,30,33). The van der Waals surface area contributed by atoms with Crippen molar-refractivity contribution in [3.8, 4) is 0 Å². The van der Waals surface area contributed by atoms with Crippen LogP contribution in [0.25, 0.3) is 6.08 Å². The molecule has 0 spiro atoms. The van der Waals surface area contributed by atoms with Crippen LogP contribution in [0.2, 0.25) is 0 Å². The predicted octanol–water partition coefficient (Wildman–Crippen LogP) is 4.51. The van der Waals surface area contributed by atoms with Gasteiger partial charge in [-0.25, -0.2) is 9.59 Å². The first kappa shape index (κ1) is 24.3. The molecule has 3 aromatic carbocycles.